The van der Waals surface area contributed by atoms with Crippen molar-refractivity contribution < 1.29 is 9.47 Å². The highest BCUT2D eigenvalue weighted by atomic mass is 16.7. The van der Waals surface area contributed by atoms with Gasteiger partial charge in [0.15, 0.2) is 5.79 Å². The smallest absolute Gasteiger partial charge is 0.168 e. The van der Waals surface area contributed by atoms with E-state index >= 15 is 0 Å². The number of nitrogens with one attached hydrogen (secondary N) is 1. The standard InChI is InChI=1S/C15H22N2O2/c1-12-10-16-7-4-13(12)11-17-14-2-5-15(6-3-14)18-8-9-19-15/h4,7,10,14,17H,2-3,5-6,8-9,11H2,1H3. The molecule has 2 aliphatic rings. The van der Waals surface area contributed by atoms with Gasteiger partial charge in [0, 0.05) is 37.8 Å². The SMILES string of the molecule is Cc1cnccc1CNC1CCC2(CC1)OCCO2. The van der Waals surface area contributed by atoms with E-state index in [1.165, 1.54) is 11.1 Å². The highest BCUT2D eigenvalue weighted by molar-refractivity contribution is 5.21. The second kappa shape index (κ2) is 5.57. The second-order valence-electron chi connectivity index (χ2n) is 5.56. The zero-order chi connectivity index (χ0) is 13.1. The molecular formula is C15H22N2O2. The fraction of sp³-hybridized carbons (Fsp3) is 0.667. The van der Waals surface area contributed by atoms with Gasteiger partial charge in [-0.15, -0.1) is 0 Å². The van der Waals surface area contributed by atoms with E-state index in [1.54, 1.807) is 0 Å². The molecule has 104 valence electrons. The highest BCUT2D eigenvalue weighted by Crippen LogP contribution is 2.35. The van der Waals surface area contributed by atoms with Crippen molar-refractivity contribution in [2.24, 2.45) is 0 Å². The molecule has 0 amide bonds. The summed E-state index contributed by atoms with van der Waals surface area (Å²) in [5.41, 5.74) is 2.59. The Labute approximate surface area is 114 Å². The lowest BCUT2D eigenvalue weighted by atomic mass is 9.90. The van der Waals surface area contributed by atoms with Crippen LogP contribution in [0.1, 0.15) is 36.8 Å². The molecule has 1 saturated carbocycles. The predicted molar refractivity (Wildman–Crippen MR) is 72.7 cm³/mol. The molecule has 2 fully saturated rings. The number of hydrogen-bond acceptors (Lipinski definition) is 4. The number of aryl methyl sites for hydroxylation is 1. The molecule has 4 nitrogen and oxygen atoms in total. The van der Waals surface area contributed by atoms with Gasteiger partial charge in [0.1, 0.15) is 0 Å². The molecule has 0 radical (unpaired) electrons. The molecule has 4 heteroatoms. The van der Waals surface area contributed by atoms with Gasteiger partial charge in [-0.05, 0) is 37.0 Å². The number of aromatic nitrogens is 1. The number of nitrogens with zero attached hydrogens (tertiary/aromatic N) is 1. The van der Waals surface area contributed by atoms with Crippen molar-refractivity contribution in [3.05, 3.63) is 29.6 Å². The van der Waals surface area contributed by atoms with Crippen molar-refractivity contribution in [3.63, 3.8) is 0 Å². The number of ether oxygens (including phenoxy) is 2. The first-order valence-corrected chi connectivity index (χ1v) is 7.18. The molecule has 19 heavy (non-hydrogen) atoms. The minimum atomic E-state index is -0.245. The highest BCUT2D eigenvalue weighted by Gasteiger charge is 2.40. The third-order valence-electron chi connectivity index (χ3n) is 4.28. The molecule has 1 aromatic heterocycles. The topological polar surface area (TPSA) is 43.4 Å². The van der Waals surface area contributed by atoms with Crippen LogP contribution in [-0.4, -0.2) is 30.0 Å². The van der Waals surface area contributed by atoms with E-state index in [9.17, 15) is 0 Å². The Kier molecular flexibility index (Phi) is 3.82. The second-order valence-corrected chi connectivity index (χ2v) is 5.56. The van der Waals surface area contributed by atoms with Crippen molar-refractivity contribution in [2.75, 3.05) is 13.2 Å². The molecule has 1 aliphatic heterocycles. The summed E-state index contributed by atoms with van der Waals surface area (Å²) in [6.07, 6.45) is 8.07. The lowest BCUT2D eigenvalue weighted by Crippen LogP contribution is -2.41. The van der Waals surface area contributed by atoms with E-state index in [0.29, 0.717) is 6.04 Å². The van der Waals surface area contributed by atoms with Crippen LogP contribution in [-0.2, 0) is 16.0 Å². The average Bonchev–Trinajstić information content (AvgIpc) is 2.88. The molecule has 0 bridgehead atoms. The monoisotopic (exact) mass is 262 g/mol. The van der Waals surface area contributed by atoms with Crippen LogP contribution in [0, 0.1) is 6.92 Å². The van der Waals surface area contributed by atoms with Crippen molar-refractivity contribution in [1.82, 2.24) is 10.3 Å². The molecule has 0 aromatic carbocycles. The van der Waals surface area contributed by atoms with Crippen LogP contribution in [0.5, 0.6) is 0 Å². The normalized spacial score (nSPS) is 23.0. The lowest BCUT2D eigenvalue weighted by Gasteiger charge is -2.35. The molecule has 1 N–H and O–H groups in total. The van der Waals surface area contributed by atoms with Gasteiger partial charge in [0.25, 0.3) is 0 Å². The van der Waals surface area contributed by atoms with E-state index < -0.39 is 0 Å². The van der Waals surface area contributed by atoms with Gasteiger partial charge in [0.05, 0.1) is 13.2 Å². The maximum absolute atomic E-state index is 5.75. The first kappa shape index (κ1) is 13.0. The van der Waals surface area contributed by atoms with Gasteiger partial charge in [0.2, 0.25) is 0 Å². The maximum Gasteiger partial charge on any atom is 0.168 e. The van der Waals surface area contributed by atoms with Gasteiger partial charge in [-0.2, -0.15) is 0 Å². The van der Waals surface area contributed by atoms with Crippen molar-refractivity contribution >= 4 is 0 Å². The van der Waals surface area contributed by atoms with E-state index in [2.05, 4.69) is 23.3 Å². The fourth-order valence-corrected chi connectivity index (χ4v) is 3.00. The molecule has 0 atom stereocenters. The molecule has 1 aromatic rings. The van der Waals surface area contributed by atoms with Crippen LogP contribution in [0.4, 0.5) is 0 Å². The summed E-state index contributed by atoms with van der Waals surface area (Å²) in [6, 6.07) is 2.67. The minimum absolute atomic E-state index is 0.245. The Morgan fingerprint density at radius 1 is 1.32 bits per heavy atom. The summed E-state index contributed by atoms with van der Waals surface area (Å²) in [7, 11) is 0. The van der Waals surface area contributed by atoms with Crippen molar-refractivity contribution in [3.8, 4) is 0 Å². The van der Waals surface area contributed by atoms with Gasteiger partial charge >= 0.3 is 0 Å². The maximum atomic E-state index is 5.75. The largest absolute Gasteiger partial charge is 0.348 e. The molecule has 1 spiro atoms. The molecule has 1 saturated heterocycles. The molecule has 3 rings (SSSR count). The number of pyridine rings is 1. The van der Waals surface area contributed by atoms with Gasteiger partial charge in [-0.3, -0.25) is 4.98 Å². The van der Waals surface area contributed by atoms with Crippen LogP contribution in [0.2, 0.25) is 0 Å². The van der Waals surface area contributed by atoms with Crippen LogP contribution >= 0.6 is 0 Å². The van der Waals surface area contributed by atoms with Crippen LogP contribution in [0.3, 0.4) is 0 Å². The average molecular weight is 262 g/mol. The Morgan fingerprint density at radius 2 is 2.05 bits per heavy atom. The molecule has 0 unspecified atom stereocenters. The van der Waals surface area contributed by atoms with Gasteiger partial charge in [-0.25, -0.2) is 0 Å². The number of hydrogen-bond donors (Lipinski definition) is 1. The Bertz CT molecular complexity index is 420. The Morgan fingerprint density at radius 3 is 2.74 bits per heavy atom. The summed E-state index contributed by atoms with van der Waals surface area (Å²) in [5.74, 6) is -0.245. The zero-order valence-electron chi connectivity index (χ0n) is 11.5. The number of rotatable bonds is 3. The van der Waals surface area contributed by atoms with E-state index in [-0.39, 0.29) is 5.79 Å². The zero-order valence-corrected chi connectivity index (χ0v) is 11.5. The van der Waals surface area contributed by atoms with Crippen molar-refractivity contribution in [1.29, 1.82) is 0 Å². The van der Waals surface area contributed by atoms with E-state index in [4.69, 9.17) is 9.47 Å². The van der Waals surface area contributed by atoms with E-state index in [0.717, 1.165) is 45.4 Å². The first-order valence-electron chi connectivity index (χ1n) is 7.18. The first-order chi connectivity index (χ1) is 9.27. The van der Waals surface area contributed by atoms with Gasteiger partial charge in [-0.1, -0.05) is 0 Å². The van der Waals surface area contributed by atoms with Crippen LogP contribution in [0.15, 0.2) is 18.5 Å². The van der Waals surface area contributed by atoms with E-state index in [1.807, 2.05) is 12.4 Å². The summed E-state index contributed by atoms with van der Waals surface area (Å²) < 4.78 is 11.5. The molecule has 2 heterocycles. The van der Waals surface area contributed by atoms with Crippen LogP contribution < -0.4 is 5.32 Å². The van der Waals surface area contributed by atoms with Crippen molar-refractivity contribution in [2.45, 2.75) is 51.0 Å². The Hall–Kier alpha value is -0.970. The summed E-state index contributed by atoms with van der Waals surface area (Å²) in [6.45, 7) is 4.55. The summed E-state index contributed by atoms with van der Waals surface area (Å²) >= 11 is 0. The predicted octanol–water partition coefficient (Wildman–Crippen LogP) is 2.17. The third kappa shape index (κ3) is 2.96. The van der Waals surface area contributed by atoms with Crippen LogP contribution in [0.25, 0.3) is 0 Å². The minimum Gasteiger partial charge on any atom is -0.348 e. The summed E-state index contributed by atoms with van der Waals surface area (Å²) in [5, 5.41) is 3.65. The molecular weight excluding hydrogens is 240 g/mol. The summed E-state index contributed by atoms with van der Waals surface area (Å²) in [4.78, 5) is 4.13. The lowest BCUT2D eigenvalue weighted by molar-refractivity contribution is -0.179. The third-order valence-corrected chi connectivity index (χ3v) is 4.28. The fourth-order valence-electron chi connectivity index (χ4n) is 3.00. The Balaban J connectivity index is 1.49. The quantitative estimate of drug-likeness (QED) is 0.906. The molecule has 1 aliphatic carbocycles. The van der Waals surface area contributed by atoms with Gasteiger partial charge < -0.3 is 14.8 Å².